The second-order valence-electron chi connectivity index (χ2n) is 6.75. The first-order chi connectivity index (χ1) is 9.85. The fourth-order valence-corrected chi connectivity index (χ4v) is 2.51. The molecule has 22 heavy (non-hydrogen) atoms. The molecule has 1 aromatic rings. The molecule has 0 radical (unpaired) electrons. The highest BCUT2D eigenvalue weighted by atomic mass is 19.4. The number of hydrogen-bond donors (Lipinski definition) is 1. The molecule has 8 heteroatoms. The first-order valence-electron chi connectivity index (χ1n) is 7.00. The largest absolute Gasteiger partial charge is 0.426 e. The van der Waals surface area contributed by atoms with Crippen LogP contribution in [0.15, 0.2) is 6.20 Å². The maximum Gasteiger partial charge on any atom is 0.426 e. The number of aliphatic hydroxyl groups is 1. The van der Waals surface area contributed by atoms with Crippen LogP contribution in [0.25, 0.3) is 0 Å². The van der Waals surface area contributed by atoms with Gasteiger partial charge in [0.2, 0.25) is 5.60 Å². The number of rotatable bonds is 1. The number of hydrogen-bond acceptors (Lipinski definition) is 3. The molecule has 1 aromatic heterocycles. The number of aromatic nitrogens is 2. The molecular weight excluding hydrogens is 299 g/mol. The lowest BCUT2D eigenvalue weighted by Crippen LogP contribution is -2.56. The monoisotopic (exact) mass is 319 g/mol. The Morgan fingerprint density at radius 1 is 1.27 bits per heavy atom. The van der Waals surface area contributed by atoms with Gasteiger partial charge in [0.15, 0.2) is 0 Å². The topological polar surface area (TPSA) is 58.4 Å². The fraction of sp³-hybridized carbons (Fsp3) is 0.714. The Labute approximate surface area is 126 Å². The van der Waals surface area contributed by atoms with Gasteiger partial charge in [-0.15, -0.1) is 0 Å². The van der Waals surface area contributed by atoms with Gasteiger partial charge in [-0.3, -0.25) is 9.48 Å². The van der Waals surface area contributed by atoms with Crippen molar-refractivity contribution in [1.82, 2.24) is 14.7 Å². The van der Waals surface area contributed by atoms with Crippen molar-refractivity contribution in [2.75, 3.05) is 6.54 Å². The van der Waals surface area contributed by atoms with Gasteiger partial charge in [-0.05, 0) is 27.7 Å². The van der Waals surface area contributed by atoms with Crippen LogP contribution in [0.5, 0.6) is 0 Å². The summed E-state index contributed by atoms with van der Waals surface area (Å²) in [4.78, 5) is 13.0. The van der Waals surface area contributed by atoms with E-state index in [1.54, 1.807) is 6.20 Å². The van der Waals surface area contributed by atoms with Crippen LogP contribution in [0.3, 0.4) is 0 Å². The second-order valence-corrected chi connectivity index (χ2v) is 6.75. The minimum Gasteiger partial charge on any atom is -0.373 e. The van der Waals surface area contributed by atoms with Gasteiger partial charge >= 0.3 is 6.18 Å². The molecule has 124 valence electrons. The Morgan fingerprint density at radius 2 is 1.86 bits per heavy atom. The number of amides is 1. The molecule has 2 heterocycles. The van der Waals surface area contributed by atoms with Crippen LogP contribution in [-0.4, -0.2) is 44.0 Å². The van der Waals surface area contributed by atoms with E-state index in [4.69, 9.17) is 0 Å². The molecule has 0 fully saturated rings. The summed E-state index contributed by atoms with van der Waals surface area (Å²) in [6.45, 7) is 6.57. The molecule has 0 aromatic carbocycles. The summed E-state index contributed by atoms with van der Waals surface area (Å²) in [6.07, 6.45) is -3.02. The molecule has 0 saturated carbocycles. The molecule has 2 rings (SSSR count). The average Bonchev–Trinajstić information content (AvgIpc) is 2.78. The van der Waals surface area contributed by atoms with Crippen LogP contribution >= 0.6 is 0 Å². The zero-order chi connectivity index (χ0) is 16.9. The molecule has 0 spiro atoms. The van der Waals surface area contributed by atoms with Gasteiger partial charge < -0.3 is 10.0 Å². The van der Waals surface area contributed by atoms with Crippen LogP contribution in [-0.2, 0) is 23.3 Å². The number of halogens is 3. The Hall–Kier alpha value is -1.57. The van der Waals surface area contributed by atoms with Gasteiger partial charge in [-0.2, -0.15) is 18.3 Å². The van der Waals surface area contributed by atoms with Crippen LogP contribution in [0.4, 0.5) is 13.2 Å². The van der Waals surface area contributed by atoms with Gasteiger partial charge in [0.1, 0.15) is 0 Å². The van der Waals surface area contributed by atoms with E-state index in [-0.39, 0.29) is 18.6 Å². The van der Waals surface area contributed by atoms with Gasteiger partial charge in [0.25, 0.3) is 5.91 Å². The van der Waals surface area contributed by atoms with E-state index >= 15 is 0 Å². The van der Waals surface area contributed by atoms with Crippen molar-refractivity contribution in [1.29, 1.82) is 0 Å². The lowest BCUT2D eigenvalue weighted by Gasteiger charge is -2.35. The summed E-state index contributed by atoms with van der Waals surface area (Å²) in [5, 5.41) is 13.8. The van der Waals surface area contributed by atoms with E-state index in [0.717, 1.165) is 10.6 Å². The summed E-state index contributed by atoms with van der Waals surface area (Å²) in [5.74, 6) is -1.32. The molecule has 0 bridgehead atoms. The normalized spacial score (nSPS) is 18.8. The molecule has 1 aliphatic heterocycles. The Balaban J connectivity index is 2.24. The van der Waals surface area contributed by atoms with Gasteiger partial charge in [0.05, 0.1) is 11.7 Å². The third-order valence-electron chi connectivity index (χ3n) is 3.83. The van der Waals surface area contributed by atoms with E-state index in [1.807, 2.05) is 25.5 Å². The molecule has 1 N–H and O–H groups in total. The standard InChI is InChI=1S/C14H20F3N3O2/c1-12(2,3)20-10-5-6-19(8-9(10)7-18-20)11(21)13(4,22)14(15,16)17/h7,22H,5-6,8H2,1-4H3/t13-/m1/s1. The molecule has 1 aliphatic rings. The quantitative estimate of drug-likeness (QED) is 0.859. The van der Waals surface area contributed by atoms with Crippen molar-refractivity contribution in [3.8, 4) is 0 Å². The van der Waals surface area contributed by atoms with E-state index in [9.17, 15) is 23.1 Å². The minimum atomic E-state index is -5.00. The zero-order valence-electron chi connectivity index (χ0n) is 13.0. The Kier molecular flexibility index (Phi) is 3.80. The van der Waals surface area contributed by atoms with Crippen molar-refractivity contribution < 1.29 is 23.1 Å². The molecule has 0 aliphatic carbocycles. The molecule has 0 unspecified atom stereocenters. The average molecular weight is 319 g/mol. The maximum absolute atomic E-state index is 12.8. The number of carbonyl (C=O) groups is 1. The van der Waals surface area contributed by atoms with E-state index in [1.165, 1.54) is 0 Å². The van der Waals surface area contributed by atoms with Crippen molar-refractivity contribution in [2.24, 2.45) is 0 Å². The van der Waals surface area contributed by atoms with Gasteiger partial charge in [-0.1, -0.05) is 0 Å². The summed E-state index contributed by atoms with van der Waals surface area (Å²) >= 11 is 0. The second kappa shape index (κ2) is 4.97. The van der Waals surface area contributed by atoms with Crippen LogP contribution in [0.1, 0.15) is 39.0 Å². The number of nitrogens with zero attached hydrogens (tertiary/aromatic N) is 3. The summed E-state index contributed by atoms with van der Waals surface area (Å²) in [5.41, 5.74) is -1.97. The van der Waals surface area contributed by atoms with Crippen molar-refractivity contribution in [3.05, 3.63) is 17.5 Å². The van der Waals surface area contributed by atoms with E-state index in [2.05, 4.69) is 5.10 Å². The first-order valence-corrected chi connectivity index (χ1v) is 7.00. The predicted octanol–water partition coefficient (Wildman–Crippen LogP) is 1.84. The summed E-state index contributed by atoms with van der Waals surface area (Å²) in [7, 11) is 0. The van der Waals surface area contributed by atoms with Crippen LogP contribution in [0.2, 0.25) is 0 Å². The number of fused-ring (bicyclic) bond motifs is 1. The molecule has 0 saturated heterocycles. The molecule has 5 nitrogen and oxygen atoms in total. The molecule has 1 atom stereocenters. The van der Waals surface area contributed by atoms with E-state index in [0.29, 0.717) is 18.9 Å². The van der Waals surface area contributed by atoms with Crippen LogP contribution in [0, 0.1) is 0 Å². The number of carbonyl (C=O) groups excluding carboxylic acids is 1. The maximum atomic E-state index is 12.8. The first kappa shape index (κ1) is 16.8. The fourth-order valence-electron chi connectivity index (χ4n) is 2.51. The highest BCUT2D eigenvalue weighted by Gasteiger charge is 2.57. The van der Waals surface area contributed by atoms with Gasteiger partial charge in [0, 0.05) is 30.8 Å². The highest BCUT2D eigenvalue weighted by molar-refractivity contribution is 5.85. The Bertz CT molecular complexity index is 585. The smallest absolute Gasteiger partial charge is 0.373 e. The van der Waals surface area contributed by atoms with Crippen molar-refractivity contribution in [2.45, 2.75) is 58.0 Å². The van der Waals surface area contributed by atoms with E-state index < -0.39 is 17.7 Å². The van der Waals surface area contributed by atoms with Gasteiger partial charge in [-0.25, -0.2) is 0 Å². The zero-order valence-corrected chi connectivity index (χ0v) is 13.0. The third kappa shape index (κ3) is 2.71. The predicted molar refractivity (Wildman–Crippen MR) is 73.0 cm³/mol. The SMILES string of the molecule is CC(C)(C)n1ncc2c1CCN(C(=O)[C@@](C)(O)C(F)(F)F)C2. The highest BCUT2D eigenvalue weighted by Crippen LogP contribution is 2.33. The van der Waals surface area contributed by atoms with Crippen molar-refractivity contribution in [3.63, 3.8) is 0 Å². The third-order valence-corrected chi connectivity index (χ3v) is 3.83. The lowest BCUT2D eigenvalue weighted by molar-refractivity contribution is -0.250. The molecular formula is C14H20F3N3O2. The Morgan fingerprint density at radius 3 is 2.36 bits per heavy atom. The molecule has 1 amide bonds. The van der Waals surface area contributed by atoms with Crippen LogP contribution < -0.4 is 0 Å². The lowest BCUT2D eigenvalue weighted by atomic mass is 10.0. The minimum absolute atomic E-state index is 0.0243. The number of alkyl halides is 3. The summed E-state index contributed by atoms with van der Waals surface area (Å²) < 4.78 is 40.2. The van der Waals surface area contributed by atoms with Crippen molar-refractivity contribution >= 4 is 5.91 Å². The summed E-state index contributed by atoms with van der Waals surface area (Å²) in [6, 6.07) is 0.